The quantitative estimate of drug-likeness (QED) is 0.373. The first-order valence-corrected chi connectivity index (χ1v) is 11.4. The molecule has 0 radical (unpaired) electrons. The molecule has 1 unspecified atom stereocenters. The lowest BCUT2D eigenvalue weighted by Crippen LogP contribution is -2.40. The van der Waals surface area contributed by atoms with Crippen LogP contribution in [-0.2, 0) is 11.3 Å². The van der Waals surface area contributed by atoms with Crippen molar-refractivity contribution >= 4 is 12.0 Å². The fourth-order valence-corrected chi connectivity index (χ4v) is 3.36. The average Bonchev–Trinajstić information content (AvgIpc) is 2.78. The van der Waals surface area contributed by atoms with Gasteiger partial charge in [0.2, 0.25) is 5.75 Å². The van der Waals surface area contributed by atoms with E-state index in [1.807, 2.05) is 0 Å². The highest BCUT2D eigenvalue weighted by atomic mass is 19.1. The molecule has 2 aromatic rings. The molecule has 1 aromatic heterocycles. The fourth-order valence-electron chi connectivity index (χ4n) is 3.36. The smallest absolute Gasteiger partial charge is 0.410 e. The molecule has 0 bridgehead atoms. The summed E-state index contributed by atoms with van der Waals surface area (Å²) in [6, 6.07) is 4.69. The standard InChI is InChI=1S/C24H33FN4O6/c1-5-29(23(34)35-24(2,3)4)17(8-6-7-13-30)20-27-18(19(31)22(33)28-20)21(32)26-14-15-9-11-16(25)12-10-15/h9-12,17,30-31H,5-8,13-14H2,1-4H3,(H,26,32)(H,27,28,33). The number of aliphatic hydroxyl groups is 1. The van der Waals surface area contributed by atoms with Crippen molar-refractivity contribution in [3.63, 3.8) is 0 Å². The minimum Gasteiger partial charge on any atom is -0.501 e. The molecular formula is C24H33FN4O6. The van der Waals surface area contributed by atoms with Crippen LogP contribution in [0.25, 0.3) is 0 Å². The molecule has 0 spiro atoms. The van der Waals surface area contributed by atoms with Gasteiger partial charge in [0.1, 0.15) is 17.2 Å². The maximum Gasteiger partial charge on any atom is 0.410 e. The van der Waals surface area contributed by atoms with E-state index in [0.29, 0.717) is 24.8 Å². The van der Waals surface area contributed by atoms with Gasteiger partial charge in [0.05, 0.1) is 6.04 Å². The van der Waals surface area contributed by atoms with Crippen molar-refractivity contribution in [1.29, 1.82) is 0 Å². The summed E-state index contributed by atoms with van der Waals surface area (Å²) in [4.78, 5) is 46.1. The molecule has 1 heterocycles. The second-order valence-corrected chi connectivity index (χ2v) is 8.96. The Morgan fingerprint density at radius 2 is 1.89 bits per heavy atom. The van der Waals surface area contributed by atoms with Crippen molar-refractivity contribution in [3.05, 3.63) is 57.5 Å². The van der Waals surface area contributed by atoms with E-state index < -0.39 is 46.5 Å². The molecule has 10 nitrogen and oxygen atoms in total. The Hall–Kier alpha value is -3.47. The number of rotatable bonds is 10. The van der Waals surface area contributed by atoms with E-state index in [1.165, 1.54) is 29.2 Å². The third-order valence-corrected chi connectivity index (χ3v) is 5.04. The van der Waals surface area contributed by atoms with Crippen molar-refractivity contribution in [2.45, 2.75) is 65.1 Å². The summed E-state index contributed by atoms with van der Waals surface area (Å²) in [5.41, 5.74) is -1.60. The number of carbonyl (C=O) groups is 2. The molecule has 0 saturated heterocycles. The van der Waals surface area contributed by atoms with Crippen LogP contribution in [0, 0.1) is 5.82 Å². The molecule has 4 N–H and O–H groups in total. The number of aromatic nitrogens is 2. The van der Waals surface area contributed by atoms with E-state index in [-0.39, 0.29) is 25.5 Å². The van der Waals surface area contributed by atoms with E-state index in [1.54, 1.807) is 27.7 Å². The largest absolute Gasteiger partial charge is 0.501 e. The molecule has 11 heteroatoms. The van der Waals surface area contributed by atoms with Crippen molar-refractivity contribution < 1.29 is 28.9 Å². The van der Waals surface area contributed by atoms with Crippen LogP contribution < -0.4 is 10.9 Å². The summed E-state index contributed by atoms with van der Waals surface area (Å²) in [6.45, 7) is 7.09. The van der Waals surface area contributed by atoms with Gasteiger partial charge >= 0.3 is 6.09 Å². The van der Waals surface area contributed by atoms with Gasteiger partial charge in [-0.1, -0.05) is 12.1 Å². The first kappa shape index (κ1) is 27.8. The maximum absolute atomic E-state index is 13.1. The van der Waals surface area contributed by atoms with Crippen LogP contribution in [0.4, 0.5) is 9.18 Å². The Morgan fingerprint density at radius 3 is 2.46 bits per heavy atom. The van der Waals surface area contributed by atoms with E-state index in [0.717, 1.165) is 0 Å². The number of aromatic hydroxyl groups is 1. The van der Waals surface area contributed by atoms with Crippen LogP contribution in [0.5, 0.6) is 5.75 Å². The van der Waals surface area contributed by atoms with E-state index >= 15 is 0 Å². The van der Waals surface area contributed by atoms with Gasteiger partial charge in [-0.15, -0.1) is 0 Å². The minimum absolute atomic E-state index is 0.00498. The number of aromatic amines is 1. The first-order valence-electron chi connectivity index (χ1n) is 11.4. The molecule has 0 aliphatic rings. The molecule has 35 heavy (non-hydrogen) atoms. The number of unbranched alkanes of at least 4 members (excludes halogenated alkanes) is 1. The topological polar surface area (TPSA) is 145 Å². The number of aliphatic hydroxyl groups excluding tert-OH is 1. The third-order valence-electron chi connectivity index (χ3n) is 5.04. The van der Waals surface area contributed by atoms with Crippen molar-refractivity contribution in [3.8, 4) is 5.75 Å². The SMILES string of the molecule is CCN(C(=O)OC(C)(C)C)C(CCCCO)c1nc(C(=O)NCc2ccc(F)cc2)c(O)c(=O)[nH]1. The Morgan fingerprint density at radius 1 is 1.23 bits per heavy atom. The van der Waals surface area contributed by atoms with Crippen molar-refractivity contribution in [2.24, 2.45) is 0 Å². The zero-order valence-corrected chi connectivity index (χ0v) is 20.4. The molecule has 0 aliphatic carbocycles. The Bertz CT molecular complexity index is 1070. The summed E-state index contributed by atoms with van der Waals surface area (Å²) in [5.74, 6) is -2.09. The maximum atomic E-state index is 13.1. The predicted molar refractivity (Wildman–Crippen MR) is 126 cm³/mol. The number of amides is 2. The molecule has 0 aliphatic heterocycles. The van der Waals surface area contributed by atoms with Crippen LogP contribution in [0.15, 0.2) is 29.1 Å². The monoisotopic (exact) mass is 492 g/mol. The van der Waals surface area contributed by atoms with Crippen LogP contribution >= 0.6 is 0 Å². The third kappa shape index (κ3) is 8.06. The van der Waals surface area contributed by atoms with Crippen LogP contribution in [0.3, 0.4) is 0 Å². The number of hydrogen-bond donors (Lipinski definition) is 4. The number of H-pyrrole nitrogens is 1. The summed E-state index contributed by atoms with van der Waals surface area (Å²) in [5, 5.41) is 22.0. The molecule has 2 rings (SSSR count). The van der Waals surface area contributed by atoms with E-state index in [9.17, 15) is 29.0 Å². The van der Waals surface area contributed by atoms with E-state index in [2.05, 4.69) is 15.3 Å². The second kappa shape index (κ2) is 12.3. The van der Waals surface area contributed by atoms with Crippen LogP contribution in [0.2, 0.25) is 0 Å². The van der Waals surface area contributed by atoms with Crippen LogP contribution in [-0.4, -0.2) is 55.8 Å². The van der Waals surface area contributed by atoms with Gasteiger partial charge in [0.25, 0.3) is 11.5 Å². The first-order chi connectivity index (χ1) is 16.5. The molecule has 1 aromatic carbocycles. The summed E-state index contributed by atoms with van der Waals surface area (Å²) in [7, 11) is 0. The predicted octanol–water partition coefficient (Wildman–Crippen LogP) is 3.01. The number of nitrogens with zero attached hydrogens (tertiary/aromatic N) is 2. The van der Waals surface area contributed by atoms with Gasteiger partial charge in [-0.3, -0.25) is 14.5 Å². The number of ether oxygens (including phenoxy) is 1. The minimum atomic E-state index is -0.936. The highest BCUT2D eigenvalue weighted by molar-refractivity contribution is 5.94. The van der Waals surface area contributed by atoms with Crippen molar-refractivity contribution in [2.75, 3.05) is 13.2 Å². The fraction of sp³-hybridized carbons (Fsp3) is 0.500. The van der Waals surface area contributed by atoms with Gasteiger partial charge in [-0.25, -0.2) is 14.2 Å². The average molecular weight is 493 g/mol. The highest BCUT2D eigenvalue weighted by Crippen LogP contribution is 2.26. The Labute approximate surface area is 203 Å². The van der Waals surface area contributed by atoms with Gasteiger partial charge in [0.15, 0.2) is 5.69 Å². The van der Waals surface area contributed by atoms with Crippen LogP contribution in [0.1, 0.15) is 74.9 Å². The summed E-state index contributed by atoms with van der Waals surface area (Å²) >= 11 is 0. The number of benzene rings is 1. The number of hydrogen-bond acceptors (Lipinski definition) is 7. The van der Waals surface area contributed by atoms with Gasteiger partial charge in [0, 0.05) is 19.7 Å². The summed E-state index contributed by atoms with van der Waals surface area (Å²) < 4.78 is 18.6. The lowest BCUT2D eigenvalue weighted by Gasteiger charge is -2.32. The Balaban J connectivity index is 2.38. The zero-order chi connectivity index (χ0) is 26.2. The van der Waals surface area contributed by atoms with Gasteiger partial charge in [-0.2, -0.15) is 0 Å². The lowest BCUT2D eigenvalue weighted by molar-refractivity contribution is 0.0149. The van der Waals surface area contributed by atoms with E-state index in [4.69, 9.17) is 4.74 Å². The zero-order valence-electron chi connectivity index (χ0n) is 20.4. The molecular weight excluding hydrogens is 459 g/mol. The van der Waals surface area contributed by atoms with Gasteiger partial charge < -0.3 is 25.3 Å². The highest BCUT2D eigenvalue weighted by Gasteiger charge is 2.31. The number of carbonyl (C=O) groups excluding carboxylic acids is 2. The molecule has 0 saturated carbocycles. The van der Waals surface area contributed by atoms with Gasteiger partial charge in [-0.05, 0) is 64.7 Å². The molecule has 192 valence electrons. The normalized spacial score (nSPS) is 12.2. The number of halogens is 1. The molecule has 2 amide bonds. The van der Waals surface area contributed by atoms with Crippen molar-refractivity contribution in [1.82, 2.24) is 20.2 Å². The number of nitrogens with one attached hydrogen (secondary N) is 2. The second-order valence-electron chi connectivity index (χ2n) is 8.96. The lowest BCUT2D eigenvalue weighted by atomic mass is 10.1. The molecule has 0 fully saturated rings. The Kier molecular flexibility index (Phi) is 9.76. The summed E-state index contributed by atoms with van der Waals surface area (Å²) in [6.07, 6.45) is 0.636. The molecule has 1 atom stereocenters.